The first-order chi connectivity index (χ1) is 10.8. The van der Waals surface area contributed by atoms with Gasteiger partial charge in [0.05, 0.1) is 0 Å². The van der Waals surface area contributed by atoms with Crippen LogP contribution in [-0.2, 0) is 18.7 Å². The largest absolute Gasteiger partial charge is 0.479 e. The van der Waals surface area contributed by atoms with Crippen molar-refractivity contribution in [3.05, 3.63) is 0 Å². The average molecular weight is 378 g/mol. The summed E-state index contributed by atoms with van der Waals surface area (Å²) in [4.78, 5) is 32.0. The van der Waals surface area contributed by atoms with Crippen molar-refractivity contribution in [2.24, 2.45) is 11.7 Å². The number of aliphatic carboxylic acids is 1. The third kappa shape index (κ3) is 7.61. The quantitative estimate of drug-likeness (QED) is 0.333. The third-order valence-electron chi connectivity index (χ3n) is 2.99. The van der Waals surface area contributed by atoms with Crippen molar-refractivity contribution in [2.75, 3.05) is 6.54 Å². The number of nitrogens with two attached hydrogens (primary N) is 1. The molecule has 0 saturated carbocycles. The van der Waals surface area contributed by atoms with Crippen LogP contribution in [0.25, 0.3) is 0 Å². The first-order valence-electron chi connectivity index (χ1n) is 7.14. The van der Waals surface area contributed by atoms with E-state index in [1.54, 1.807) is 0 Å². The lowest BCUT2D eigenvalue weighted by Gasteiger charge is -2.28. The molecule has 1 amide bonds. The number of nitrogens with one attached hydrogen (secondary N) is 1. The second-order valence-electron chi connectivity index (χ2n) is 5.44. The number of hydrogen-bond acceptors (Lipinski definition) is 5. The normalized spacial score (nSPS) is 17.2. The molecule has 142 valence electrons. The molecule has 5 N–H and O–H groups in total. The summed E-state index contributed by atoms with van der Waals surface area (Å²) in [6.45, 7) is 2.86. The fourth-order valence-corrected chi connectivity index (χ4v) is 3.51. The van der Waals surface area contributed by atoms with Gasteiger partial charge in [0.15, 0.2) is 6.10 Å². The summed E-state index contributed by atoms with van der Waals surface area (Å²) in [6.07, 6.45) is -6.36. The van der Waals surface area contributed by atoms with Crippen molar-refractivity contribution < 1.29 is 41.8 Å². The van der Waals surface area contributed by atoms with Crippen molar-refractivity contribution in [3.8, 4) is 0 Å². The number of carboxylic acid groups (broad SMARTS) is 1. The summed E-state index contributed by atoms with van der Waals surface area (Å²) in [6, 6.07) is 0. The number of carbonyl (C=O) groups is 2. The van der Waals surface area contributed by atoms with E-state index in [0.717, 1.165) is 0 Å². The number of carbonyl (C=O) groups excluding carboxylic acids is 1. The Kier molecular flexibility index (Phi) is 8.90. The summed E-state index contributed by atoms with van der Waals surface area (Å²) in [5.74, 6) is -6.76. The van der Waals surface area contributed by atoms with Gasteiger partial charge in [-0.05, 0) is 31.7 Å². The Morgan fingerprint density at radius 2 is 1.83 bits per heavy atom. The number of carboxylic acids is 1. The van der Waals surface area contributed by atoms with E-state index in [9.17, 15) is 32.2 Å². The van der Waals surface area contributed by atoms with E-state index in [4.69, 9.17) is 10.8 Å². The standard InChI is InChI=1S/C12H22F3N2O6P/c1-7(2)9(17-11(20)12(13,14)15)24(21,22)23-8(10(18)19)5-3-4-6-16/h7-9H,3-6,16H2,1-2H3,(H,17,20)(H,18,19)(H,21,22). The van der Waals surface area contributed by atoms with Gasteiger partial charge in [-0.15, -0.1) is 0 Å². The van der Waals surface area contributed by atoms with Gasteiger partial charge in [-0.2, -0.15) is 13.2 Å². The van der Waals surface area contributed by atoms with Crippen LogP contribution in [0.4, 0.5) is 13.2 Å². The molecule has 3 atom stereocenters. The van der Waals surface area contributed by atoms with E-state index in [1.165, 1.54) is 19.2 Å². The zero-order valence-corrected chi connectivity index (χ0v) is 14.1. The Hall–Kier alpha value is -1.16. The highest BCUT2D eigenvalue weighted by Crippen LogP contribution is 2.51. The van der Waals surface area contributed by atoms with E-state index >= 15 is 0 Å². The smallest absolute Gasteiger partial charge is 0.471 e. The van der Waals surface area contributed by atoms with Gasteiger partial charge in [-0.25, -0.2) is 4.79 Å². The molecule has 0 heterocycles. The van der Waals surface area contributed by atoms with Crippen molar-refractivity contribution >= 4 is 19.5 Å². The van der Waals surface area contributed by atoms with Gasteiger partial charge in [-0.1, -0.05) is 13.8 Å². The minimum Gasteiger partial charge on any atom is -0.479 e. The average Bonchev–Trinajstić information content (AvgIpc) is 2.41. The van der Waals surface area contributed by atoms with Gasteiger partial charge in [0.25, 0.3) is 0 Å². The molecule has 0 aromatic heterocycles. The summed E-state index contributed by atoms with van der Waals surface area (Å²) in [5, 5.41) is 10.4. The molecule has 0 rings (SSSR count). The highest BCUT2D eigenvalue weighted by atomic mass is 31.2. The summed E-state index contributed by atoms with van der Waals surface area (Å²) < 4.78 is 53.9. The van der Waals surface area contributed by atoms with Crippen LogP contribution in [0.3, 0.4) is 0 Å². The van der Waals surface area contributed by atoms with E-state index in [0.29, 0.717) is 6.42 Å². The SMILES string of the molecule is CC(C)C(NC(=O)C(F)(F)F)P(=O)(O)OC(CCCCN)C(=O)O. The van der Waals surface area contributed by atoms with Crippen LogP contribution in [0, 0.1) is 5.92 Å². The highest BCUT2D eigenvalue weighted by Gasteiger charge is 2.46. The highest BCUT2D eigenvalue weighted by molar-refractivity contribution is 7.53. The first-order valence-corrected chi connectivity index (χ1v) is 8.79. The molecule has 0 radical (unpaired) electrons. The summed E-state index contributed by atoms with van der Waals surface area (Å²) >= 11 is 0. The zero-order chi connectivity index (χ0) is 19.1. The van der Waals surface area contributed by atoms with Gasteiger partial charge < -0.3 is 21.1 Å². The van der Waals surface area contributed by atoms with Crippen molar-refractivity contribution in [1.82, 2.24) is 5.32 Å². The number of amides is 1. The fourth-order valence-electron chi connectivity index (χ4n) is 1.78. The monoisotopic (exact) mass is 378 g/mol. The van der Waals surface area contributed by atoms with E-state index < -0.39 is 43.5 Å². The summed E-state index contributed by atoms with van der Waals surface area (Å²) in [5.41, 5.74) is 5.26. The topological polar surface area (TPSA) is 139 Å². The molecule has 12 heteroatoms. The molecule has 3 unspecified atom stereocenters. The number of alkyl halides is 3. The molecule has 0 spiro atoms. The number of unbranched alkanes of at least 4 members (excludes halogenated alkanes) is 1. The predicted molar refractivity (Wildman–Crippen MR) is 78.1 cm³/mol. The maximum absolute atomic E-state index is 12.3. The second-order valence-corrected chi connectivity index (χ2v) is 7.34. The van der Waals surface area contributed by atoms with Gasteiger partial charge >= 0.3 is 25.6 Å². The molecule has 0 aliphatic rings. The Morgan fingerprint density at radius 3 is 2.21 bits per heavy atom. The van der Waals surface area contributed by atoms with E-state index in [2.05, 4.69) is 4.52 Å². The van der Waals surface area contributed by atoms with Gasteiger partial charge in [0, 0.05) is 0 Å². The lowest BCUT2D eigenvalue weighted by Crippen LogP contribution is -2.46. The molecule has 24 heavy (non-hydrogen) atoms. The van der Waals surface area contributed by atoms with Crippen LogP contribution in [-0.4, -0.2) is 46.5 Å². The summed E-state index contributed by atoms with van der Waals surface area (Å²) in [7, 11) is -4.88. The zero-order valence-electron chi connectivity index (χ0n) is 13.2. The molecule has 0 aliphatic heterocycles. The molecular weight excluding hydrogens is 356 g/mol. The molecule has 0 bridgehead atoms. The Labute approximate surface area is 137 Å². The maximum atomic E-state index is 12.3. The maximum Gasteiger partial charge on any atom is 0.471 e. The molecule has 0 fully saturated rings. The minimum absolute atomic E-state index is 0.144. The molecule has 8 nitrogen and oxygen atoms in total. The Morgan fingerprint density at radius 1 is 1.29 bits per heavy atom. The van der Waals surface area contributed by atoms with Crippen molar-refractivity contribution in [3.63, 3.8) is 0 Å². The number of halogens is 3. The van der Waals surface area contributed by atoms with Crippen LogP contribution in [0.15, 0.2) is 0 Å². The van der Waals surface area contributed by atoms with Gasteiger partial charge in [-0.3, -0.25) is 13.9 Å². The van der Waals surface area contributed by atoms with Crippen molar-refractivity contribution in [2.45, 2.75) is 51.2 Å². The number of rotatable bonds is 10. The fraction of sp³-hybridized carbons (Fsp3) is 0.833. The van der Waals surface area contributed by atoms with Gasteiger partial charge in [0.1, 0.15) is 5.78 Å². The number of hydrogen-bond donors (Lipinski definition) is 4. The first kappa shape index (κ1) is 22.8. The molecule has 0 saturated heterocycles. The van der Waals surface area contributed by atoms with Crippen LogP contribution in [0.5, 0.6) is 0 Å². The van der Waals surface area contributed by atoms with Crippen molar-refractivity contribution in [1.29, 1.82) is 0 Å². The van der Waals surface area contributed by atoms with E-state index in [-0.39, 0.29) is 19.4 Å². The van der Waals surface area contributed by atoms with Crippen LogP contribution < -0.4 is 11.1 Å². The molecule has 0 aromatic carbocycles. The van der Waals surface area contributed by atoms with E-state index in [1.807, 2.05) is 0 Å². The van der Waals surface area contributed by atoms with Crippen LogP contribution in [0.1, 0.15) is 33.1 Å². The third-order valence-corrected chi connectivity index (χ3v) is 4.98. The second kappa shape index (κ2) is 9.36. The molecule has 0 aliphatic carbocycles. The Bertz CT molecular complexity index is 486. The van der Waals surface area contributed by atoms with Crippen LogP contribution in [0.2, 0.25) is 0 Å². The molecule has 0 aromatic rings. The molecular formula is C12H22F3N2O6P. The van der Waals surface area contributed by atoms with Gasteiger partial charge in [0.2, 0.25) is 0 Å². The van der Waals surface area contributed by atoms with Crippen LogP contribution >= 0.6 is 7.60 Å². The lowest BCUT2D eigenvalue weighted by molar-refractivity contribution is -0.174. The lowest BCUT2D eigenvalue weighted by atomic mass is 10.1. The predicted octanol–water partition coefficient (Wildman–Crippen LogP) is 1.43. The minimum atomic E-state index is -5.25. The Balaban J connectivity index is 5.19.